The van der Waals surface area contributed by atoms with Crippen molar-refractivity contribution in [3.05, 3.63) is 35.4 Å². The van der Waals surface area contributed by atoms with Crippen molar-refractivity contribution in [2.75, 3.05) is 6.54 Å². The Kier molecular flexibility index (Phi) is 3.54. The lowest BCUT2D eigenvalue weighted by molar-refractivity contribution is 0.503. The van der Waals surface area contributed by atoms with Crippen LogP contribution < -0.4 is 5.32 Å². The van der Waals surface area contributed by atoms with Gasteiger partial charge in [-0.3, -0.25) is 0 Å². The second kappa shape index (κ2) is 4.91. The van der Waals surface area contributed by atoms with E-state index in [9.17, 15) is 8.78 Å². The molecule has 0 aliphatic heterocycles. The van der Waals surface area contributed by atoms with Crippen molar-refractivity contribution < 1.29 is 8.78 Å². The molecule has 1 N–H and O–H groups in total. The molecule has 0 aromatic heterocycles. The fourth-order valence-electron chi connectivity index (χ4n) is 2.52. The lowest BCUT2D eigenvalue weighted by atomic mass is 9.97. The molecule has 0 heterocycles. The predicted molar refractivity (Wildman–Crippen MR) is 60.4 cm³/mol. The Labute approximate surface area is 94.9 Å². The summed E-state index contributed by atoms with van der Waals surface area (Å²) in [6.07, 6.45) is 3.21. The van der Waals surface area contributed by atoms with E-state index >= 15 is 0 Å². The van der Waals surface area contributed by atoms with Crippen LogP contribution in [0.15, 0.2) is 18.2 Å². The summed E-state index contributed by atoms with van der Waals surface area (Å²) in [5.41, 5.74) is 0.930. The van der Waals surface area contributed by atoms with E-state index in [1.807, 2.05) is 0 Å². The zero-order valence-electron chi connectivity index (χ0n) is 9.47. The van der Waals surface area contributed by atoms with Gasteiger partial charge in [0.1, 0.15) is 0 Å². The Morgan fingerprint density at radius 3 is 2.75 bits per heavy atom. The van der Waals surface area contributed by atoms with Crippen LogP contribution in [0.4, 0.5) is 8.78 Å². The van der Waals surface area contributed by atoms with Crippen LogP contribution >= 0.6 is 0 Å². The van der Waals surface area contributed by atoms with Gasteiger partial charge in [-0.15, -0.1) is 0 Å². The molecule has 0 bridgehead atoms. The molecule has 16 heavy (non-hydrogen) atoms. The summed E-state index contributed by atoms with van der Waals surface area (Å²) < 4.78 is 25.9. The fourth-order valence-corrected chi connectivity index (χ4v) is 2.52. The van der Waals surface area contributed by atoms with Crippen LogP contribution in [0.1, 0.15) is 37.7 Å². The summed E-state index contributed by atoms with van der Waals surface area (Å²) in [5, 5.41) is 3.40. The smallest absolute Gasteiger partial charge is 0.159 e. The first-order valence-electron chi connectivity index (χ1n) is 5.89. The molecule has 2 rings (SSSR count). The van der Waals surface area contributed by atoms with Gasteiger partial charge in [0, 0.05) is 6.04 Å². The van der Waals surface area contributed by atoms with Crippen LogP contribution in [0.3, 0.4) is 0 Å². The molecule has 1 fully saturated rings. The quantitative estimate of drug-likeness (QED) is 0.833. The van der Waals surface area contributed by atoms with Crippen LogP contribution in [0, 0.1) is 11.6 Å². The first-order valence-corrected chi connectivity index (χ1v) is 5.89. The maximum atomic E-state index is 13.1. The van der Waals surface area contributed by atoms with Crippen molar-refractivity contribution in [1.82, 2.24) is 5.32 Å². The lowest BCUT2D eigenvalue weighted by Crippen LogP contribution is -2.25. The van der Waals surface area contributed by atoms with Gasteiger partial charge in [0.25, 0.3) is 0 Å². The summed E-state index contributed by atoms with van der Waals surface area (Å²) in [4.78, 5) is 0. The fraction of sp³-hybridized carbons (Fsp3) is 0.538. The SMILES string of the molecule is CCNC1CCC(c2ccc(F)c(F)c2)C1. The molecule has 1 aliphatic carbocycles. The van der Waals surface area contributed by atoms with Crippen molar-refractivity contribution in [1.29, 1.82) is 0 Å². The van der Waals surface area contributed by atoms with Gasteiger partial charge in [0.05, 0.1) is 0 Å². The molecule has 3 heteroatoms. The van der Waals surface area contributed by atoms with Gasteiger partial charge in [0.15, 0.2) is 11.6 Å². The molecular weight excluding hydrogens is 208 g/mol. The van der Waals surface area contributed by atoms with E-state index in [0.717, 1.165) is 31.4 Å². The van der Waals surface area contributed by atoms with Crippen LogP contribution in [-0.4, -0.2) is 12.6 Å². The summed E-state index contributed by atoms with van der Waals surface area (Å²) in [5.74, 6) is -1.12. The first-order chi connectivity index (χ1) is 7.70. The van der Waals surface area contributed by atoms with Crippen molar-refractivity contribution in [2.45, 2.75) is 38.1 Å². The number of rotatable bonds is 3. The highest BCUT2D eigenvalue weighted by atomic mass is 19.2. The van der Waals surface area contributed by atoms with Crippen LogP contribution in [0.25, 0.3) is 0 Å². The van der Waals surface area contributed by atoms with Crippen LogP contribution in [0.5, 0.6) is 0 Å². The minimum atomic E-state index is -0.759. The van der Waals surface area contributed by atoms with Gasteiger partial charge in [0.2, 0.25) is 0 Å². The van der Waals surface area contributed by atoms with Crippen molar-refractivity contribution in [3.8, 4) is 0 Å². The molecule has 1 aliphatic rings. The highest BCUT2D eigenvalue weighted by Crippen LogP contribution is 2.34. The Morgan fingerprint density at radius 2 is 2.06 bits per heavy atom. The third kappa shape index (κ3) is 2.40. The molecule has 1 aromatic carbocycles. The molecule has 0 spiro atoms. The number of nitrogens with one attached hydrogen (secondary N) is 1. The zero-order chi connectivity index (χ0) is 11.5. The van der Waals surface area contributed by atoms with E-state index in [4.69, 9.17) is 0 Å². The molecule has 0 radical (unpaired) electrons. The van der Waals surface area contributed by atoms with E-state index < -0.39 is 11.6 Å². The number of hydrogen-bond donors (Lipinski definition) is 1. The zero-order valence-corrected chi connectivity index (χ0v) is 9.47. The van der Waals surface area contributed by atoms with E-state index in [1.165, 1.54) is 12.1 Å². The molecule has 0 amide bonds. The van der Waals surface area contributed by atoms with Gasteiger partial charge in [-0.05, 0) is 49.4 Å². The van der Waals surface area contributed by atoms with E-state index in [1.54, 1.807) is 6.07 Å². The lowest BCUT2D eigenvalue weighted by Gasteiger charge is -2.12. The molecule has 1 nitrogen and oxygen atoms in total. The second-order valence-electron chi connectivity index (χ2n) is 4.44. The van der Waals surface area contributed by atoms with E-state index in [2.05, 4.69) is 12.2 Å². The third-order valence-electron chi connectivity index (χ3n) is 3.34. The molecule has 88 valence electrons. The first kappa shape index (κ1) is 11.5. The Bertz CT molecular complexity index is 365. The predicted octanol–water partition coefficient (Wildman–Crippen LogP) is 3.21. The average molecular weight is 225 g/mol. The largest absolute Gasteiger partial charge is 0.314 e. The normalized spacial score (nSPS) is 24.9. The Morgan fingerprint density at radius 1 is 1.25 bits per heavy atom. The Balaban J connectivity index is 2.05. The number of benzene rings is 1. The van der Waals surface area contributed by atoms with Gasteiger partial charge >= 0.3 is 0 Å². The second-order valence-corrected chi connectivity index (χ2v) is 4.44. The average Bonchev–Trinajstić information content (AvgIpc) is 2.71. The van der Waals surface area contributed by atoms with Crippen LogP contribution in [-0.2, 0) is 0 Å². The van der Waals surface area contributed by atoms with Crippen molar-refractivity contribution in [2.24, 2.45) is 0 Å². The maximum absolute atomic E-state index is 13.1. The summed E-state index contributed by atoms with van der Waals surface area (Å²) in [6, 6.07) is 4.81. The molecule has 0 saturated heterocycles. The van der Waals surface area contributed by atoms with Gasteiger partial charge < -0.3 is 5.32 Å². The minimum absolute atomic E-state index is 0.374. The number of halogens is 2. The highest BCUT2D eigenvalue weighted by molar-refractivity contribution is 5.23. The summed E-state index contributed by atoms with van der Waals surface area (Å²) >= 11 is 0. The van der Waals surface area contributed by atoms with E-state index in [-0.39, 0.29) is 0 Å². The highest BCUT2D eigenvalue weighted by Gasteiger charge is 2.25. The standard InChI is InChI=1S/C13H17F2N/c1-2-16-11-5-3-9(7-11)10-4-6-12(14)13(15)8-10/h4,6,8-9,11,16H,2-3,5,7H2,1H3. The van der Waals surface area contributed by atoms with E-state index in [0.29, 0.717) is 12.0 Å². The van der Waals surface area contributed by atoms with Gasteiger partial charge in [-0.1, -0.05) is 13.0 Å². The van der Waals surface area contributed by atoms with Crippen molar-refractivity contribution in [3.63, 3.8) is 0 Å². The third-order valence-corrected chi connectivity index (χ3v) is 3.34. The number of hydrogen-bond acceptors (Lipinski definition) is 1. The molecule has 2 atom stereocenters. The molecular formula is C13H17F2N. The molecule has 1 aromatic rings. The van der Waals surface area contributed by atoms with Crippen LogP contribution in [0.2, 0.25) is 0 Å². The summed E-state index contributed by atoms with van der Waals surface area (Å²) in [6.45, 7) is 3.06. The minimum Gasteiger partial charge on any atom is -0.314 e. The Hall–Kier alpha value is -0.960. The van der Waals surface area contributed by atoms with Gasteiger partial charge in [-0.2, -0.15) is 0 Å². The topological polar surface area (TPSA) is 12.0 Å². The maximum Gasteiger partial charge on any atom is 0.159 e. The van der Waals surface area contributed by atoms with Crippen molar-refractivity contribution >= 4 is 0 Å². The molecule has 2 unspecified atom stereocenters. The van der Waals surface area contributed by atoms with Gasteiger partial charge in [-0.25, -0.2) is 8.78 Å². The monoisotopic (exact) mass is 225 g/mol. The summed E-state index contributed by atoms with van der Waals surface area (Å²) in [7, 11) is 0. The molecule has 1 saturated carbocycles.